The lowest BCUT2D eigenvalue weighted by Gasteiger charge is -2.24. The van der Waals surface area contributed by atoms with Gasteiger partial charge in [-0.2, -0.15) is 0 Å². The van der Waals surface area contributed by atoms with Crippen LogP contribution in [0.2, 0.25) is 0 Å². The Labute approximate surface area is 168 Å². The van der Waals surface area contributed by atoms with Crippen LogP contribution in [-0.4, -0.2) is 17.0 Å². The molecule has 0 saturated heterocycles. The van der Waals surface area contributed by atoms with Gasteiger partial charge in [-0.3, -0.25) is 14.7 Å². The lowest BCUT2D eigenvalue weighted by Crippen LogP contribution is -2.31. The number of primary amides is 1. The molecule has 2 aromatic carbocycles. The van der Waals surface area contributed by atoms with Crippen molar-refractivity contribution in [3.8, 4) is 0 Å². The molecule has 148 valence electrons. The molecule has 0 atom stereocenters. The van der Waals surface area contributed by atoms with Gasteiger partial charge in [-0.15, -0.1) is 0 Å². The number of nitrogens with zero attached hydrogens (tertiary/aromatic N) is 2. The van der Waals surface area contributed by atoms with E-state index < -0.39 is 12.0 Å². The third-order valence-corrected chi connectivity index (χ3v) is 4.36. The molecule has 0 aliphatic carbocycles. The summed E-state index contributed by atoms with van der Waals surface area (Å²) >= 11 is 0. The van der Waals surface area contributed by atoms with Crippen LogP contribution in [0.15, 0.2) is 66.9 Å². The quantitative estimate of drug-likeness (QED) is 0.627. The number of carbonyl (C=O) groups excluding carboxylic acids is 2. The smallest absolute Gasteiger partial charge is 0.415 e. The van der Waals surface area contributed by atoms with Crippen molar-refractivity contribution in [2.75, 3.05) is 10.6 Å². The molecule has 0 fully saturated rings. The lowest BCUT2D eigenvalue weighted by atomic mass is 10.1. The number of hydrogen-bond acceptors (Lipinski definition) is 5. The number of amides is 2. The molecule has 29 heavy (non-hydrogen) atoms. The second kappa shape index (κ2) is 8.88. The van der Waals surface area contributed by atoms with E-state index in [9.17, 15) is 9.59 Å². The number of benzene rings is 2. The number of carbonyl (C=O) groups is 2. The molecule has 7 nitrogen and oxygen atoms in total. The normalized spacial score (nSPS) is 10.4. The van der Waals surface area contributed by atoms with Crippen molar-refractivity contribution in [1.82, 2.24) is 4.98 Å². The number of aromatic nitrogens is 1. The van der Waals surface area contributed by atoms with E-state index >= 15 is 0 Å². The first-order valence-corrected chi connectivity index (χ1v) is 9.03. The van der Waals surface area contributed by atoms with Crippen molar-refractivity contribution < 1.29 is 14.3 Å². The van der Waals surface area contributed by atoms with E-state index in [1.807, 2.05) is 19.1 Å². The Kier molecular flexibility index (Phi) is 6.09. The molecule has 3 rings (SSSR count). The molecule has 1 heterocycles. The summed E-state index contributed by atoms with van der Waals surface area (Å²) in [5.41, 5.74) is 15.2. The van der Waals surface area contributed by atoms with Crippen LogP contribution in [0.4, 0.5) is 16.2 Å². The summed E-state index contributed by atoms with van der Waals surface area (Å²) in [5, 5.41) is 0. The van der Waals surface area contributed by atoms with Crippen LogP contribution in [0.3, 0.4) is 0 Å². The molecule has 0 aliphatic heterocycles. The average Bonchev–Trinajstić information content (AvgIpc) is 2.72. The van der Waals surface area contributed by atoms with E-state index in [2.05, 4.69) is 4.98 Å². The molecule has 0 aliphatic rings. The summed E-state index contributed by atoms with van der Waals surface area (Å²) in [7, 11) is 0. The Hall–Kier alpha value is -3.87. The maximum Gasteiger partial charge on any atom is 0.415 e. The van der Waals surface area contributed by atoms with Gasteiger partial charge in [0, 0.05) is 23.0 Å². The maximum absolute atomic E-state index is 12.9. The van der Waals surface area contributed by atoms with Crippen LogP contribution >= 0.6 is 0 Å². The Bertz CT molecular complexity index is 1000. The number of pyridine rings is 1. The molecule has 3 aromatic rings. The number of nitrogens with two attached hydrogens (primary N) is 2. The van der Waals surface area contributed by atoms with Gasteiger partial charge in [0.1, 0.15) is 6.61 Å². The zero-order valence-corrected chi connectivity index (χ0v) is 16.0. The first kappa shape index (κ1) is 19.9. The number of hydrogen-bond donors (Lipinski definition) is 2. The average molecular weight is 390 g/mol. The highest BCUT2D eigenvalue weighted by Crippen LogP contribution is 2.25. The molecule has 1 aromatic heterocycles. The third-order valence-electron chi connectivity index (χ3n) is 4.36. The van der Waals surface area contributed by atoms with Gasteiger partial charge in [-0.05, 0) is 42.8 Å². The number of rotatable bonds is 6. The monoisotopic (exact) mass is 390 g/mol. The van der Waals surface area contributed by atoms with Gasteiger partial charge in [0.2, 0.25) is 5.91 Å². The topological polar surface area (TPSA) is 112 Å². The maximum atomic E-state index is 12.9. The predicted octanol–water partition coefficient (Wildman–Crippen LogP) is 3.41. The van der Waals surface area contributed by atoms with Crippen molar-refractivity contribution in [3.05, 3.63) is 89.2 Å². The molecule has 0 spiro atoms. The first-order chi connectivity index (χ1) is 13.9. The van der Waals surface area contributed by atoms with E-state index in [0.29, 0.717) is 16.9 Å². The number of aryl methyl sites for hydroxylation is 1. The number of ether oxygens (including phenoxy) is 1. The van der Waals surface area contributed by atoms with Gasteiger partial charge >= 0.3 is 6.09 Å². The molecule has 0 saturated carbocycles. The molecule has 0 radical (unpaired) electrons. The van der Waals surface area contributed by atoms with Gasteiger partial charge in [-0.25, -0.2) is 4.79 Å². The second-order valence-corrected chi connectivity index (χ2v) is 6.57. The molecular weight excluding hydrogens is 368 g/mol. The molecule has 4 N–H and O–H groups in total. The minimum atomic E-state index is -0.539. The summed E-state index contributed by atoms with van der Waals surface area (Å²) in [6.45, 7) is 2.20. The largest absolute Gasteiger partial charge is 0.444 e. The summed E-state index contributed by atoms with van der Waals surface area (Å²) in [5.74, 6) is -0.508. The van der Waals surface area contributed by atoms with Crippen molar-refractivity contribution in [1.29, 1.82) is 0 Å². The fourth-order valence-electron chi connectivity index (χ4n) is 2.75. The van der Waals surface area contributed by atoms with Crippen LogP contribution in [0, 0.1) is 6.92 Å². The van der Waals surface area contributed by atoms with Crippen LogP contribution < -0.4 is 16.4 Å². The molecule has 7 heteroatoms. The third kappa shape index (κ3) is 5.10. The van der Waals surface area contributed by atoms with Crippen molar-refractivity contribution in [2.24, 2.45) is 5.73 Å². The lowest BCUT2D eigenvalue weighted by molar-refractivity contribution is 0.1000. The van der Waals surface area contributed by atoms with E-state index in [-0.39, 0.29) is 13.2 Å². The Morgan fingerprint density at radius 2 is 1.69 bits per heavy atom. The molecular formula is C22H22N4O3. The fourth-order valence-corrected chi connectivity index (χ4v) is 2.75. The zero-order chi connectivity index (χ0) is 20.8. The van der Waals surface area contributed by atoms with Crippen LogP contribution in [0.5, 0.6) is 0 Å². The first-order valence-electron chi connectivity index (χ1n) is 9.03. The van der Waals surface area contributed by atoms with E-state index in [1.54, 1.807) is 54.7 Å². The minimum absolute atomic E-state index is 0.0932. The Morgan fingerprint density at radius 1 is 1.00 bits per heavy atom. The SMILES string of the molecule is Cc1ccc(COC(=O)N(Cc2ccc(C(N)=O)cc2)c2ccccc2N)cn1. The van der Waals surface area contributed by atoms with E-state index in [4.69, 9.17) is 16.2 Å². The Morgan fingerprint density at radius 3 is 2.31 bits per heavy atom. The number of anilines is 2. The van der Waals surface area contributed by atoms with Crippen LogP contribution in [-0.2, 0) is 17.9 Å². The summed E-state index contributed by atoms with van der Waals surface area (Å²) in [6, 6.07) is 17.5. The van der Waals surface area contributed by atoms with Crippen molar-refractivity contribution in [3.63, 3.8) is 0 Å². The molecule has 0 unspecified atom stereocenters. The standard InChI is InChI=1S/C22H22N4O3/c1-15-6-7-17(12-25-15)14-29-22(28)26(20-5-3-2-4-19(20)23)13-16-8-10-18(11-9-16)21(24)27/h2-12H,13-14,23H2,1H3,(H2,24,27). The van der Waals surface area contributed by atoms with Gasteiger partial charge in [0.15, 0.2) is 0 Å². The summed E-state index contributed by atoms with van der Waals surface area (Å²) < 4.78 is 5.49. The summed E-state index contributed by atoms with van der Waals surface area (Å²) in [4.78, 5) is 29.8. The van der Waals surface area contributed by atoms with E-state index in [0.717, 1.165) is 16.8 Å². The second-order valence-electron chi connectivity index (χ2n) is 6.57. The van der Waals surface area contributed by atoms with E-state index in [1.165, 1.54) is 4.90 Å². The van der Waals surface area contributed by atoms with Crippen molar-refractivity contribution in [2.45, 2.75) is 20.1 Å². The highest BCUT2D eigenvalue weighted by molar-refractivity contribution is 5.93. The zero-order valence-electron chi connectivity index (χ0n) is 16.0. The summed E-state index contributed by atoms with van der Waals surface area (Å²) in [6.07, 6.45) is 1.13. The number of nitrogen functional groups attached to an aromatic ring is 1. The predicted molar refractivity (Wildman–Crippen MR) is 111 cm³/mol. The molecule has 2 amide bonds. The highest BCUT2D eigenvalue weighted by Gasteiger charge is 2.20. The number of para-hydroxylation sites is 2. The fraction of sp³-hybridized carbons (Fsp3) is 0.136. The molecule has 0 bridgehead atoms. The Balaban J connectivity index is 1.80. The highest BCUT2D eigenvalue weighted by atomic mass is 16.6. The van der Waals surface area contributed by atoms with Gasteiger partial charge < -0.3 is 16.2 Å². The van der Waals surface area contributed by atoms with Crippen molar-refractivity contribution >= 4 is 23.4 Å². The van der Waals surface area contributed by atoms with Gasteiger partial charge in [-0.1, -0.05) is 30.3 Å². The van der Waals surface area contributed by atoms with Gasteiger partial charge in [0.25, 0.3) is 0 Å². The minimum Gasteiger partial charge on any atom is -0.444 e. The van der Waals surface area contributed by atoms with Gasteiger partial charge in [0.05, 0.1) is 17.9 Å². The van der Waals surface area contributed by atoms with Crippen LogP contribution in [0.25, 0.3) is 0 Å². The van der Waals surface area contributed by atoms with Crippen LogP contribution in [0.1, 0.15) is 27.2 Å².